The molecule has 2 amide bonds. The van der Waals surface area contributed by atoms with Crippen LogP contribution in [0.4, 0.5) is 11.4 Å². The van der Waals surface area contributed by atoms with Crippen LogP contribution < -0.4 is 15.4 Å². The molecule has 0 atom stereocenters. The van der Waals surface area contributed by atoms with Crippen LogP contribution in [0.3, 0.4) is 0 Å². The van der Waals surface area contributed by atoms with Crippen molar-refractivity contribution in [2.45, 2.75) is 13.3 Å². The SMILES string of the molecule is CCC(=O)Nc1ccc(Cl)c(NC(=O)COc2ccc(Cl)cc2Cl)c1. The second-order valence-electron chi connectivity index (χ2n) is 5.01. The average Bonchev–Trinajstić information content (AvgIpc) is 2.57. The molecule has 0 aliphatic carbocycles. The van der Waals surface area contributed by atoms with Gasteiger partial charge in [0.25, 0.3) is 5.91 Å². The third kappa shape index (κ3) is 5.81. The lowest BCUT2D eigenvalue weighted by molar-refractivity contribution is -0.118. The first-order chi connectivity index (χ1) is 11.9. The molecule has 0 radical (unpaired) electrons. The Kier molecular flexibility index (Phi) is 6.93. The van der Waals surface area contributed by atoms with Gasteiger partial charge in [-0.1, -0.05) is 41.7 Å². The highest BCUT2D eigenvalue weighted by atomic mass is 35.5. The zero-order chi connectivity index (χ0) is 18.4. The molecule has 132 valence electrons. The molecule has 0 bridgehead atoms. The molecule has 5 nitrogen and oxygen atoms in total. The van der Waals surface area contributed by atoms with E-state index in [1.807, 2.05) is 0 Å². The Morgan fingerprint density at radius 3 is 2.40 bits per heavy atom. The Labute approximate surface area is 160 Å². The quantitative estimate of drug-likeness (QED) is 0.714. The van der Waals surface area contributed by atoms with E-state index < -0.39 is 5.91 Å². The second kappa shape index (κ2) is 8.94. The summed E-state index contributed by atoms with van der Waals surface area (Å²) in [6.07, 6.45) is 0.347. The largest absolute Gasteiger partial charge is 0.482 e. The molecule has 0 heterocycles. The highest BCUT2D eigenvalue weighted by Crippen LogP contribution is 2.28. The maximum Gasteiger partial charge on any atom is 0.262 e. The van der Waals surface area contributed by atoms with Crippen LogP contribution >= 0.6 is 34.8 Å². The van der Waals surface area contributed by atoms with E-state index in [1.54, 1.807) is 37.3 Å². The molecule has 2 aromatic rings. The van der Waals surface area contributed by atoms with Crippen molar-refractivity contribution in [2.75, 3.05) is 17.2 Å². The molecule has 0 spiro atoms. The van der Waals surface area contributed by atoms with Crippen LogP contribution in [0.25, 0.3) is 0 Å². The Morgan fingerprint density at radius 1 is 0.960 bits per heavy atom. The van der Waals surface area contributed by atoms with Crippen molar-refractivity contribution in [2.24, 2.45) is 0 Å². The summed E-state index contributed by atoms with van der Waals surface area (Å²) in [7, 11) is 0. The molecule has 0 aliphatic heterocycles. The normalized spacial score (nSPS) is 10.2. The number of nitrogens with one attached hydrogen (secondary N) is 2. The van der Waals surface area contributed by atoms with Gasteiger partial charge in [0.1, 0.15) is 5.75 Å². The number of anilines is 2. The van der Waals surface area contributed by atoms with Gasteiger partial charge in [-0.05, 0) is 36.4 Å². The Hall–Kier alpha value is -1.95. The Morgan fingerprint density at radius 2 is 1.72 bits per heavy atom. The van der Waals surface area contributed by atoms with Crippen LogP contribution in [0.1, 0.15) is 13.3 Å². The lowest BCUT2D eigenvalue weighted by Gasteiger charge is -2.11. The topological polar surface area (TPSA) is 67.4 Å². The molecule has 8 heteroatoms. The first kappa shape index (κ1) is 19.4. The number of ether oxygens (including phenoxy) is 1. The minimum atomic E-state index is -0.424. The van der Waals surface area contributed by atoms with Gasteiger partial charge in [0.05, 0.1) is 15.7 Å². The van der Waals surface area contributed by atoms with Crippen LogP contribution in [0.2, 0.25) is 15.1 Å². The van der Waals surface area contributed by atoms with E-state index in [0.29, 0.717) is 38.6 Å². The molecule has 25 heavy (non-hydrogen) atoms. The van der Waals surface area contributed by atoms with E-state index in [-0.39, 0.29) is 12.5 Å². The summed E-state index contributed by atoms with van der Waals surface area (Å²) >= 11 is 17.8. The zero-order valence-electron chi connectivity index (χ0n) is 13.2. The summed E-state index contributed by atoms with van der Waals surface area (Å²) in [4.78, 5) is 23.5. The molecule has 0 saturated carbocycles. The number of hydrogen-bond donors (Lipinski definition) is 2. The smallest absolute Gasteiger partial charge is 0.262 e. The lowest BCUT2D eigenvalue weighted by Crippen LogP contribution is -2.20. The van der Waals surface area contributed by atoms with Crippen molar-refractivity contribution < 1.29 is 14.3 Å². The van der Waals surface area contributed by atoms with Crippen LogP contribution in [0.5, 0.6) is 5.75 Å². The van der Waals surface area contributed by atoms with E-state index >= 15 is 0 Å². The van der Waals surface area contributed by atoms with Gasteiger partial charge >= 0.3 is 0 Å². The Bertz CT molecular complexity index is 797. The number of rotatable bonds is 6. The van der Waals surface area contributed by atoms with Crippen LogP contribution in [0, 0.1) is 0 Å². The molecule has 2 rings (SSSR count). The third-order valence-corrected chi connectivity index (χ3v) is 3.96. The molecule has 0 unspecified atom stereocenters. The van der Waals surface area contributed by atoms with Crippen LogP contribution in [-0.2, 0) is 9.59 Å². The molecule has 0 fully saturated rings. The van der Waals surface area contributed by atoms with Gasteiger partial charge in [0.15, 0.2) is 6.61 Å². The summed E-state index contributed by atoms with van der Waals surface area (Å²) in [6.45, 7) is 1.48. The molecular formula is C17H15Cl3N2O3. The predicted octanol–water partition coefficient (Wildman–Crippen LogP) is 5.01. The fourth-order valence-electron chi connectivity index (χ4n) is 1.87. The minimum Gasteiger partial charge on any atom is -0.482 e. The lowest BCUT2D eigenvalue weighted by atomic mass is 10.2. The molecule has 0 saturated heterocycles. The van der Waals surface area contributed by atoms with Crippen molar-refractivity contribution in [1.82, 2.24) is 0 Å². The molecular weight excluding hydrogens is 387 g/mol. The van der Waals surface area contributed by atoms with E-state index in [2.05, 4.69) is 10.6 Å². The van der Waals surface area contributed by atoms with Gasteiger partial charge in [-0.3, -0.25) is 9.59 Å². The maximum atomic E-state index is 12.1. The summed E-state index contributed by atoms with van der Waals surface area (Å²) in [5.41, 5.74) is 0.902. The van der Waals surface area contributed by atoms with Gasteiger partial charge in [-0.25, -0.2) is 0 Å². The van der Waals surface area contributed by atoms with Crippen molar-refractivity contribution in [1.29, 1.82) is 0 Å². The van der Waals surface area contributed by atoms with Gasteiger partial charge in [0, 0.05) is 17.1 Å². The molecule has 0 aromatic heterocycles. The molecule has 2 N–H and O–H groups in total. The van der Waals surface area contributed by atoms with Crippen molar-refractivity contribution in [3.8, 4) is 5.75 Å². The Balaban J connectivity index is 1.99. The number of carbonyl (C=O) groups is 2. The fraction of sp³-hybridized carbons (Fsp3) is 0.176. The van der Waals surface area contributed by atoms with Crippen LogP contribution in [0.15, 0.2) is 36.4 Å². The second-order valence-corrected chi connectivity index (χ2v) is 6.26. The van der Waals surface area contributed by atoms with E-state index in [9.17, 15) is 9.59 Å². The number of hydrogen-bond acceptors (Lipinski definition) is 3. The maximum absolute atomic E-state index is 12.1. The number of halogens is 3. The van der Waals surface area contributed by atoms with E-state index in [0.717, 1.165) is 0 Å². The summed E-state index contributed by atoms with van der Waals surface area (Å²) in [6, 6.07) is 9.51. The standard InChI is InChI=1S/C17H15Cl3N2O3/c1-2-16(23)21-11-4-5-12(19)14(8-11)22-17(24)9-25-15-6-3-10(18)7-13(15)20/h3-8H,2,9H2,1H3,(H,21,23)(H,22,24). The number of carbonyl (C=O) groups excluding carboxylic acids is 2. The highest BCUT2D eigenvalue weighted by molar-refractivity contribution is 6.35. The summed E-state index contributed by atoms with van der Waals surface area (Å²) in [5.74, 6) is -0.219. The van der Waals surface area contributed by atoms with Crippen molar-refractivity contribution >= 4 is 58.0 Å². The van der Waals surface area contributed by atoms with E-state index in [4.69, 9.17) is 39.5 Å². The fourth-order valence-corrected chi connectivity index (χ4v) is 2.50. The summed E-state index contributed by atoms with van der Waals surface area (Å²) in [5, 5.41) is 6.44. The zero-order valence-corrected chi connectivity index (χ0v) is 15.5. The third-order valence-electron chi connectivity index (χ3n) is 3.10. The number of amides is 2. The monoisotopic (exact) mass is 400 g/mol. The van der Waals surface area contributed by atoms with Crippen molar-refractivity contribution in [3.63, 3.8) is 0 Å². The van der Waals surface area contributed by atoms with Crippen LogP contribution in [-0.4, -0.2) is 18.4 Å². The average molecular weight is 402 g/mol. The van der Waals surface area contributed by atoms with Gasteiger partial charge in [0.2, 0.25) is 5.91 Å². The molecule has 2 aromatic carbocycles. The minimum absolute atomic E-state index is 0.139. The first-order valence-electron chi connectivity index (χ1n) is 7.36. The summed E-state index contributed by atoms with van der Waals surface area (Å²) < 4.78 is 5.36. The van der Waals surface area contributed by atoms with Crippen molar-refractivity contribution in [3.05, 3.63) is 51.5 Å². The number of benzene rings is 2. The van der Waals surface area contributed by atoms with Gasteiger partial charge in [-0.15, -0.1) is 0 Å². The van der Waals surface area contributed by atoms with Gasteiger partial charge < -0.3 is 15.4 Å². The highest BCUT2D eigenvalue weighted by Gasteiger charge is 2.10. The van der Waals surface area contributed by atoms with Gasteiger partial charge in [-0.2, -0.15) is 0 Å². The first-order valence-corrected chi connectivity index (χ1v) is 8.49. The molecule has 0 aliphatic rings. The van der Waals surface area contributed by atoms with E-state index in [1.165, 1.54) is 6.07 Å². The predicted molar refractivity (Wildman–Crippen MR) is 101 cm³/mol.